The predicted molar refractivity (Wildman–Crippen MR) is 79.1 cm³/mol. The standard InChI is InChI=1S/C17H21N/c1-12-10-14(3)17(11-13(12)2)15(4)18-16-8-6-5-7-9-16/h5-11,15,18H,1-4H3. The van der Waals surface area contributed by atoms with Gasteiger partial charge in [-0.2, -0.15) is 0 Å². The van der Waals surface area contributed by atoms with Gasteiger partial charge in [-0.25, -0.2) is 0 Å². The third kappa shape index (κ3) is 2.73. The molecule has 1 heteroatoms. The van der Waals surface area contributed by atoms with E-state index in [9.17, 15) is 0 Å². The minimum absolute atomic E-state index is 0.326. The van der Waals surface area contributed by atoms with Gasteiger partial charge >= 0.3 is 0 Å². The summed E-state index contributed by atoms with van der Waals surface area (Å²) in [5.41, 5.74) is 6.62. The van der Waals surface area contributed by atoms with Gasteiger partial charge in [-0.3, -0.25) is 0 Å². The number of hydrogen-bond donors (Lipinski definition) is 1. The van der Waals surface area contributed by atoms with E-state index in [1.807, 2.05) is 6.07 Å². The third-order valence-electron chi connectivity index (χ3n) is 3.51. The highest BCUT2D eigenvalue weighted by atomic mass is 14.9. The number of rotatable bonds is 3. The second-order valence-electron chi connectivity index (χ2n) is 5.03. The topological polar surface area (TPSA) is 12.0 Å². The third-order valence-corrected chi connectivity index (χ3v) is 3.51. The van der Waals surface area contributed by atoms with E-state index in [0.29, 0.717) is 6.04 Å². The average molecular weight is 239 g/mol. The summed E-state index contributed by atoms with van der Waals surface area (Å²) in [5, 5.41) is 3.55. The van der Waals surface area contributed by atoms with E-state index in [-0.39, 0.29) is 0 Å². The highest BCUT2D eigenvalue weighted by Crippen LogP contribution is 2.24. The Morgan fingerprint density at radius 2 is 1.44 bits per heavy atom. The molecule has 2 aromatic rings. The van der Waals surface area contributed by atoms with Crippen LogP contribution in [-0.2, 0) is 0 Å². The molecule has 0 spiro atoms. The lowest BCUT2D eigenvalue weighted by Crippen LogP contribution is -2.08. The molecular formula is C17H21N. The molecule has 1 atom stereocenters. The molecule has 18 heavy (non-hydrogen) atoms. The highest BCUT2D eigenvalue weighted by Gasteiger charge is 2.09. The molecule has 1 unspecified atom stereocenters. The maximum Gasteiger partial charge on any atom is 0.0488 e. The summed E-state index contributed by atoms with van der Waals surface area (Å²) >= 11 is 0. The van der Waals surface area contributed by atoms with Crippen molar-refractivity contribution in [3.63, 3.8) is 0 Å². The number of nitrogens with one attached hydrogen (secondary N) is 1. The van der Waals surface area contributed by atoms with Crippen molar-refractivity contribution in [1.82, 2.24) is 0 Å². The molecule has 1 N–H and O–H groups in total. The summed E-state index contributed by atoms with van der Waals surface area (Å²) in [7, 11) is 0. The quantitative estimate of drug-likeness (QED) is 0.812. The Hall–Kier alpha value is -1.76. The lowest BCUT2D eigenvalue weighted by Gasteiger charge is -2.19. The van der Waals surface area contributed by atoms with Crippen LogP contribution >= 0.6 is 0 Å². The van der Waals surface area contributed by atoms with Crippen LogP contribution in [0.15, 0.2) is 42.5 Å². The van der Waals surface area contributed by atoms with Gasteiger partial charge in [0.1, 0.15) is 0 Å². The minimum Gasteiger partial charge on any atom is -0.379 e. The SMILES string of the molecule is Cc1cc(C)c(C(C)Nc2ccccc2)cc1C. The van der Waals surface area contributed by atoms with Crippen molar-refractivity contribution in [1.29, 1.82) is 0 Å². The largest absolute Gasteiger partial charge is 0.379 e. The maximum atomic E-state index is 3.55. The molecule has 2 rings (SSSR count). The maximum absolute atomic E-state index is 3.55. The number of benzene rings is 2. The molecule has 2 aromatic carbocycles. The minimum atomic E-state index is 0.326. The number of anilines is 1. The van der Waals surface area contributed by atoms with Gasteiger partial charge < -0.3 is 5.32 Å². The van der Waals surface area contributed by atoms with Crippen molar-refractivity contribution in [2.24, 2.45) is 0 Å². The lowest BCUT2D eigenvalue weighted by atomic mass is 9.96. The molecule has 0 aliphatic heterocycles. The van der Waals surface area contributed by atoms with E-state index in [1.54, 1.807) is 0 Å². The van der Waals surface area contributed by atoms with E-state index >= 15 is 0 Å². The van der Waals surface area contributed by atoms with Gasteiger partial charge in [-0.15, -0.1) is 0 Å². The fourth-order valence-corrected chi connectivity index (χ4v) is 2.31. The van der Waals surface area contributed by atoms with Crippen LogP contribution in [0.5, 0.6) is 0 Å². The van der Waals surface area contributed by atoms with Gasteiger partial charge in [0.05, 0.1) is 0 Å². The summed E-state index contributed by atoms with van der Waals surface area (Å²) in [6.07, 6.45) is 0. The van der Waals surface area contributed by atoms with Crippen LogP contribution in [0.25, 0.3) is 0 Å². The number of aryl methyl sites for hydroxylation is 3. The Labute approximate surface area is 110 Å². The lowest BCUT2D eigenvalue weighted by molar-refractivity contribution is 0.870. The predicted octanol–water partition coefficient (Wildman–Crippen LogP) is 4.78. The Morgan fingerprint density at radius 3 is 2.11 bits per heavy atom. The van der Waals surface area contributed by atoms with Gasteiger partial charge in [0.25, 0.3) is 0 Å². The number of hydrogen-bond acceptors (Lipinski definition) is 1. The molecule has 0 aromatic heterocycles. The summed E-state index contributed by atoms with van der Waals surface area (Å²) < 4.78 is 0. The molecule has 0 aliphatic carbocycles. The van der Waals surface area contributed by atoms with Crippen molar-refractivity contribution in [3.8, 4) is 0 Å². The van der Waals surface area contributed by atoms with Crippen molar-refractivity contribution in [3.05, 3.63) is 64.7 Å². The molecule has 0 bridgehead atoms. The van der Waals surface area contributed by atoms with Crippen molar-refractivity contribution < 1.29 is 0 Å². The first-order valence-electron chi connectivity index (χ1n) is 6.47. The first kappa shape index (κ1) is 12.7. The van der Waals surface area contributed by atoms with Crippen molar-refractivity contribution in [2.75, 3.05) is 5.32 Å². The van der Waals surface area contributed by atoms with Gasteiger partial charge in [-0.05, 0) is 62.1 Å². The Kier molecular flexibility index (Phi) is 3.71. The first-order chi connectivity index (χ1) is 8.58. The van der Waals surface area contributed by atoms with Crippen LogP contribution in [0, 0.1) is 20.8 Å². The second kappa shape index (κ2) is 5.26. The van der Waals surface area contributed by atoms with Crippen LogP contribution in [0.2, 0.25) is 0 Å². The van der Waals surface area contributed by atoms with Gasteiger partial charge in [-0.1, -0.05) is 30.3 Å². The van der Waals surface area contributed by atoms with Crippen molar-refractivity contribution in [2.45, 2.75) is 33.7 Å². The molecule has 0 heterocycles. The zero-order chi connectivity index (χ0) is 13.1. The molecule has 0 aliphatic rings. The molecule has 0 amide bonds. The van der Waals surface area contributed by atoms with E-state index in [4.69, 9.17) is 0 Å². The van der Waals surface area contributed by atoms with Gasteiger partial charge in [0, 0.05) is 11.7 Å². The average Bonchev–Trinajstić information content (AvgIpc) is 2.35. The van der Waals surface area contributed by atoms with Crippen molar-refractivity contribution >= 4 is 5.69 Å². The normalized spacial score (nSPS) is 12.2. The molecule has 0 fully saturated rings. The Morgan fingerprint density at radius 1 is 0.833 bits per heavy atom. The van der Waals surface area contributed by atoms with E-state index in [0.717, 1.165) is 0 Å². The summed E-state index contributed by atoms with van der Waals surface area (Å²) in [6, 6.07) is 15.3. The second-order valence-corrected chi connectivity index (χ2v) is 5.03. The molecule has 1 nitrogen and oxygen atoms in total. The fraction of sp³-hybridized carbons (Fsp3) is 0.294. The molecule has 94 valence electrons. The zero-order valence-electron chi connectivity index (χ0n) is 11.6. The zero-order valence-corrected chi connectivity index (χ0v) is 11.6. The molecule has 0 radical (unpaired) electrons. The summed E-state index contributed by atoms with van der Waals surface area (Å²) in [6.45, 7) is 8.74. The van der Waals surface area contributed by atoms with Crippen LogP contribution in [0.3, 0.4) is 0 Å². The monoisotopic (exact) mass is 239 g/mol. The van der Waals surface area contributed by atoms with Crippen LogP contribution in [0.1, 0.15) is 35.2 Å². The molecule has 0 saturated carbocycles. The summed E-state index contributed by atoms with van der Waals surface area (Å²) in [4.78, 5) is 0. The Bertz CT molecular complexity index is 529. The smallest absolute Gasteiger partial charge is 0.0488 e. The molecular weight excluding hydrogens is 218 g/mol. The van der Waals surface area contributed by atoms with E-state index < -0.39 is 0 Å². The fourth-order valence-electron chi connectivity index (χ4n) is 2.31. The van der Waals surface area contributed by atoms with Crippen LogP contribution < -0.4 is 5.32 Å². The Balaban J connectivity index is 2.24. The van der Waals surface area contributed by atoms with Crippen LogP contribution in [0.4, 0.5) is 5.69 Å². The van der Waals surface area contributed by atoms with E-state index in [1.165, 1.54) is 27.9 Å². The molecule has 0 saturated heterocycles. The van der Waals surface area contributed by atoms with Gasteiger partial charge in [0.15, 0.2) is 0 Å². The van der Waals surface area contributed by atoms with Gasteiger partial charge in [0.2, 0.25) is 0 Å². The summed E-state index contributed by atoms with van der Waals surface area (Å²) in [5.74, 6) is 0. The highest BCUT2D eigenvalue weighted by molar-refractivity contribution is 5.47. The van der Waals surface area contributed by atoms with E-state index in [2.05, 4.69) is 69.4 Å². The number of para-hydroxylation sites is 1. The van der Waals surface area contributed by atoms with Crippen LogP contribution in [-0.4, -0.2) is 0 Å². The first-order valence-corrected chi connectivity index (χ1v) is 6.47.